The van der Waals surface area contributed by atoms with Crippen molar-refractivity contribution in [1.29, 1.82) is 5.26 Å². The van der Waals surface area contributed by atoms with Crippen molar-refractivity contribution in [2.45, 2.75) is 23.3 Å². The van der Waals surface area contributed by atoms with Crippen LogP contribution in [0.5, 0.6) is 0 Å². The van der Waals surface area contributed by atoms with Crippen LogP contribution < -0.4 is 4.72 Å². The standard InChI is InChI=1S/C13H16FN3O2S/c1-17-7-5-13(10-15,6-8-17)16-20(18,19)12-4-2-3-11(14)9-12/h2-4,9,16H,5-8H2,1H3. The van der Waals surface area contributed by atoms with Crippen molar-refractivity contribution in [3.63, 3.8) is 0 Å². The number of hydrogen-bond acceptors (Lipinski definition) is 4. The van der Waals surface area contributed by atoms with Crippen LogP contribution in [-0.4, -0.2) is 39.0 Å². The first-order valence-corrected chi connectivity index (χ1v) is 7.75. The molecule has 20 heavy (non-hydrogen) atoms. The molecule has 2 rings (SSSR count). The number of hydrogen-bond donors (Lipinski definition) is 1. The second kappa shape index (κ2) is 5.48. The monoisotopic (exact) mass is 297 g/mol. The molecule has 1 aromatic rings. The van der Waals surface area contributed by atoms with E-state index in [0.29, 0.717) is 25.9 Å². The molecule has 0 spiro atoms. The molecule has 5 nitrogen and oxygen atoms in total. The lowest BCUT2D eigenvalue weighted by Crippen LogP contribution is -2.53. The molecule has 0 unspecified atom stereocenters. The zero-order valence-electron chi connectivity index (χ0n) is 11.1. The lowest BCUT2D eigenvalue weighted by molar-refractivity contribution is 0.213. The third-order valence-electron chi connectivity index (χ3n) is 3.49. The minimum atomic E-state index is -3.90. The Bertz CT molecular complexity index is 631. The van der Waals surface area contributed by atoms with E-state index in [1.807, 2.05) is 11.9 Å². The summed E-state index contributed by atoms with van der Waals surface area (Å²) in [5, 5.41) is 9.32. The second-order valence-corrected chi connectivity index (χ2v) is 6.74. The maximum atomic E-state index is 13.1. The second-order valence-electron chi connectivity index (χ2n) is 5.06. The van der Waals surface area contributed by atoms with Crippen molar-refractivity contribution in [1.82, 2.24) is 9.62 Å². The van der Waals surface area contributed by atoms with Crippen LogP contribution in [0.25, 0.3) is 0 Å². The highest BCUT2D eigenvalue weighted by Gasteiger charge is 2.38. The number of rotatable bonds is 3. The molecule has 7 heteroatoms. The molecule has 1 aromatic carbocycles. The largest absolute Gasteiger partial charge is 0.306 e. The molecular formula is C13H16FN3O2S. The van der Waals surface area contributed by atoms with E-state index in [4.69, 9.17) is 0 Å². The van der Waals surface area contributed by atoms with Crippen molar-refractivity contribution < 1.29 is 12.8 Å². The highest BCUT2D eigenvalue weighted by molar-refractivity contribution is 7.89. The number of halogens is 1. The van der Waals surface area contributed by atoms with E-state index in [9.17, 15) is 18.1 Å². The zero-order chi connectivity index (χ0) is 14.8. The SMILES string of the molecule is CN1CCC(C#N)(NS(=O)(=O)c2cccc(F)c2)CC1. The van der Waals surface area contributed by atoms with Gasteiger partial charge in [0.1, 0.15) is 11.4 Å². The van der Waals surface area contributed by atoms with Gasteiger partial charge in [0.15, 0.2) is 0 Å². The van der Waals surface area contributed by atoms with Gasteiger partial charge in [-0.3, -0.25) is 0 Å². The summed E-state index contributed by atoms with van der Waals surface area (Å²) >= 11 is 0. The summed E-state index contributed by atoms with van der Waals surface area (Å²) in [5.74, 6) is -0.623. The molecule has 1 aliphatic heterocycles. The van der Waals surface area contributed by atoms with Crippen LogP contribution in [0.4, 0.5) is 4.39 Å². The molecule has 0 saturated carbocycles. The summed E-state index contributed by atoms with van der Waals surface area (Å²) in [4.78, 5) is 1.87. The molecule has 0 aromatic heterocycles. The lowest BCUT2D eigenvalue weighted by atomic mass is 9.91. The van der Waals surface area contributed by atoms with Crippen molar-refractivity contribution >= 4 is 10.0 Å². The van der Waals surface area contributed by atoms with Crippen LogP contribution in [0.1, 0.15) is 12.8 Å². The quantitative estimate of drug-likeness (QED) is 0.906. The fourth-order valence-corrected chi connectivity index (χ4v) is 3.59. The summed E-state index contributed by atoms with van der Waals surface area (Å²) < 4.78 is 40.1. The molecule has 0 radical (unpaired) electrons. The van der Waals surface area contributed by atoms with Crippen LogP contribution in [0.3, 0.4) is 0 Å². The highest BCUT2D eigenvalue weighted by atomic mass is 32.2. The average molecular weight is 297 g/mol. The van der Waals surface area contributed by atoms with E-state index < -0.39 is 21.4 Å². The van der Waals surface area contributed by atoms with Crippen LogP contribution in [-0.2, 0) is 10.0 Å². The van der Waals surface area contributed by atoms with Gasteiger partial charge < -0.3 is 4.90 Å². The van der Waals surface area contributed by atoms with Crippen LogP contribution in [0.2, 0.25) is 0 Å². The molecule has 1 aliphatic rings. The Hall–Kier alpha value is -1.49. The lowest BCUT2D eigenvalue weighted by Gasteiger charge is -2.35. The first kappa shape index (κ1) is 14.9. The summed E-state index contributed by atoms with van der Waals surface area (Å²) in [6.45, 7) is 1.28. The predicted octanol–water partition coefficient (Wildman–Crippen LogP) is 1.09. The van der Waals surface area contributed by atoms with Gasteiger partial charge in [-0.1, -0.05) is 6.07 Å². The number of likely N-dealkylation sites (tertiary alicyclic amines) is 1. The number of sulfonamides is 1. The van der Waals surface area contributed by atoms with E-state index in [1.165, 1.54) is 18.2 Å². The summed E-state index contributed by atoms with van der Waals surface area (Å²) in [6, 6.07) is 6.83. The molecule has 0 aliphatic carbocycles. The molecule has 0 amide bonds. The third kappa shape index (κ3) is 3.15. The molecule has 108 valence electrons. The Labute approximate surface area is 118 Å². The number of nitrogens with zero attached hydrogens (tertiary/aromatic N) is 2. The maximum Gasteiger partial charge on any atom is 0.242 e. The Morgan fingerprint density at radius 2 is 2.05 bits per heavy atom. The molecule has 1 heterocycles. The minimum Gasteiger partial charge on any atom is -0.306 e. The van der Waals surface area contributed by atoms with Crippen molar-refractivity contribution in [2.24, 2.45) is 0 Å². The van der Waals surface area contributed by atoms with Gasteiger partial charge in [0.05, 0.1) is 11.0 Å². The van der Waals surface area contributed by atoms with E-state index in [1.54, 1.807) is 0 Å². The first-order valence-electron chi connectivity index (χ1n) is 6.26. The molecule has 1 N–H and O–H groups in total. The third-order valence-corrected chi connectivity index (χ3v) is 5.02. The van der Waals surface area contributed by atoms with E-state index in [0.717, 1.165) is 6.07 Å². The van der Waals surface area contributed by atoms with Gasteiger partial charge in [0.2, 0.25) is 10.0 Å². The van der Waals surface area contributed by atoms with Crippen molar-refractivity contribution in [3.05, 3.63) is 30.1 Å². The highest BCUT2D eigenvalue weighted by Crippen LogP contribution is 2.24. The van der Waals surface area contributed by atoms with Gasteiger partial charge in [-0.25, -0.2) is 12.8 Å². The van der Waals surface area contributed by atoms with Gasteiger partial charge in [0.25, 0.3) is 0 Å². The number of nitrogens with one attached hydrogen (secondary N) is 1. The predicted molar refractivity (Wildman–Crippen MR) is 71.8 cm³/mol. The minimum absolute atomic E-state index is 0.161. The van der Waals surface area contributed by atoms with Crippen LogP contribution >= 0.6 is 0 Å². The molecular weight excluding hydrogens is 281 g/mol. The molecule has 0 atom stereocenters. The Morgan fingerprint density at radius 1 is 1.40 bits per heavy atom. The molecule has 0 bridgehead atoms. The van der Waals surface area contributed by atoms with Crippen LogP contribution in [0.15, 0.2) is 29.2 Å². The van der Waals surface area contributed by atoms with Crippen LogP contribution in [0, 0.1) is 17.1 Å². The Balaban J connectivity index is 2.25. The maximum absolute atomic E-state index is 13.1. The van der Waals surface area contributed by atoms with E-state index in [2.05, 4.69) is 10.8 Å². The topological polar surface area (TPSA) is 73.2 Å². The average Bonchev–Trinajstić information content (AvgIpc) is 2.41. The number of nitriles is 1. The van der Waals surface area contributed by atoms with Gasteiger partial charge in [-0.15, -0.1) is 0 Å². The number of benzene rings is 1. The van der Waals surface area contributed by atoms with E-state index >= 15 is 0 Å². The fourth-order valence-electron chi connectivity index (χ4n) is 2.19. The molecule has 1 fully saturated rings. The molecule has 1 saturated heterocycles. The van der Waals surface area contributed by atoms with Crippen molar-refractivity contribution in [2.75, 3.05) is 20.1 Å². The van der Waals surface area contributed by atoms with Gasteiger partial charge in [-0.05, 0) is 38.1 Å². The van der Waals surface area contributed by atoms with Crippen molar-refractivity contribution in [3.8, 4) is 6.07 Å². The summed E-state index contributed by atoms with van der Waals surface area (Å²) in [7, 11) is -1.98. The van der Waals surface area contributed by atoms with E-state index in [-0.39, 0.29) is 4.90 Å². The van der Waals surface area contributed by atoms with Gasteiger partial charge >= 0.3 is 0 Å². The Morgan fingerprint density at radius 3 is 2.60 bits per heavy atom. The summed E-state index contributed by atoms with van der Waals surface area (Å²) in [6.07, 6.45) is 0.823. The summed E-state index contributed by atoms with van der Waals surface area (Å²) in [5.41, 5.74) is -1.11. The smallest absolute Gasteiger partial charge is 0.242 e. The number of piperidine rings is 1. The normalized spacial score (nSPS) is 19.4. The first-order chi connectivity index (χ1) is 9.37. The zero-order valence-corrected chi connectivity index (χ0v) is 12.0. The van der Waals surface area contributed by atoms with Gasteiger partial charge in [0, 0.05) is 13.1 Å². The van der Waals surface area contributed by atoms with Gasteiger partial charge in [-0.2, -0.15) is 9.98 Å². The fraction of sp³-hybridized carbons (Fsp3) is 0.462. The Kier molecular flexibility index (Phi) is 4.09.